The molecule has 0 radical (unpaired) electrons. The van der Waals surface area contributed by atoms with E-state index in [-0.39, 0.29) is 6.09 Å². The first-order valence-electron chi connectivity index (χ1n) is 14.1. The summed E-state index contributed by atoms with van der Waals surface area (Å²) in [6, 6.07) is 20.1. The van der Waals surface area contributed by atoms with Gasteiger partial charge in [0.2, 0.25) is 0 Å². The predicted octanol–water partition coefficient (Wildman–Crippen LogP) is 7.11. The lowest BCUT2D eigenvalue weighted by molar-refractivity contribution is 0.0584. The molecule has 2 aromatic carbocycles. The zero-order valence-electron chi connectivity index (χ0n) is 24.0. The minimum absolute atomic E-state index is 0.314. The normalized spacial score (nSPS) is 13.5. The van der Waals surface area contributed by atoms with Gasteiger partial charge in [-0.05, 0) is 93.5 Å². The number of rotatable bonds is 6. The molecule has 6 rings (SSSR count). The van der Waals surface area contributed by atoms with Gasteiger partial charge in [-0.2, -0.15) is 0 Å². The Labute approximate surface area is 242 Å². The topological polar surface area (TPSA) is 73.8 Å². The summed E-state index contributed by atoms with van der Waals surface area (Å²) in [5, 5.41) is 0. The van der Waals surface area contributed by atoms with Crippen molar-refractivity contribution in [3.05, 3.63) is 113 Å². The summed E-state index contributed by atoms with van der Waals surface area (Å²) in [7, 11) is 0. The number of anilines is 1. The fraction of sp³-hybridized carbons (Fsp3) is 0.324. The molecule has 1 amide bonds. The van der Waals surface area contributed by atoms with Gasteiger partial charge in [0.05, 0.1) is 5.69 Å². The van der Waals surface area contributed by atoms with E-state index >= 15 is 0 Å². The summed E-state index contributed by atoms with van der Waals surface area (Å²) in [6.45, 7) is 7.28. The lowest BCUT2D eigenvalue weighted by Crippen LogP contribution is -2.35. The summed E-state index contributed by atoms with van der Waals surface area (Å²) >= 11 is 0. The quantitative estimate of drug-likeness (QED) is 0.254. The highest BCUT2D eigenvalue weighted by atomic mass is 16.6. The van der Waals surface area contributed by atoms with Crippen LogP contribution in [0.3, 0.4) is 0 Å². The Kier molecular flexibility index (Phi) is 8.82. The van der Waals surface area contributed by atoms with Gasteiger partial charge in [0.1, 0.15) is 30.3 Å². The van der Waals surface area contributed by atoms with Crippen molar-refractivity contribution in [2.24, 2.45) is 0 Å². The van der Waals surface area contributed by atoms with E-state index in [0.717, 1.165) is 40.3 Å². The molecular formula is C34H37N3O4. The number of carbonyl (C=O) groups is 1. The molecule has 0 spiro atoms. The number of benzene rings is 2. The number of ether oxygens (including phenoxy) is 3. The zero-order valence-corrected chi connectivity index (χ0v) is 24.0. The molecule has 0 saturated heterocycles. The first-order chi connectivity index (χ1) is 19.8. The van der Waals surface area contributed by atoms with Gasteiger partial charge in [-0.1, -0.05) is 24.3 Å². The Morgan fingerprint density at radius 3 is 2.00 bits per heavy atom. The molecule has 2 aliphatic rings. The van der Waals surface area contributed by atoms with Crippen molar-refractivity contribution in [3.8, 4) is 11.5 Å². The molecule has 1 aliphatic carbocycles. The van der Waals surface area contributed by atoms with Crippen LogP contribution in [0.2, 0.25) is 0 Å². The number of pyridine rings is 2. The van der Waals surface area contributed by atoms with Crippen LogP contribution in [0.15, 0.2) is 85.5 Å². The number of aromatic nitrogens is 2. The average molecular weight is 552 g/mol. The predicted molar refractivity (Wildman–Crippen MR) is 159 cm³/mol. The van der Waals surface area contributed by atoms with Crippen molar-refractivity contribution in [3.63, 3.8) is 0 Å². The number of nitrogens with zero attached hydrogens (tertiary/aromatic N) is 3. The van der Waals surface area contributed by atoms with Crippen LogP contribution in [0.5, 0.6) is 11.5 Å². The van der Waals surface area contributed by atoms with Crippen LogP contribution in [-0.2, 0) is 37.2 Å². The lowest BCUT2D eigenvalue weighted by atomic mass is 10.1. The van der Waals surface area contributed by atoms with Gasteiger partial charge in [0.15, 0.2) is 0 Å². The van der Waals surface area contributed by atoms with Crippen molar-refractivity contribution >= 4 is 11.8 Å². The van der Waals surface area contributed by atoms with Gasteiger partial charge < -0.3 is 14.2 Å². The van der Waals surface area contributed by atoms with Crippen molar-refractivity contribution < 1.29 is 19.0 Å². The lowest BCUT2D eigenvalue weighted by Gasteiger charge is -2.25. The number of fused-ring (bicyclic) bond motifs is 2. The van der Waals surface area contributed by atoms with E-state index in [1.807, 2.05) is 69.4 Å². The highest BCUT2D eigenvalue weighted by Crippen LogP contribution is 2.33. The fourth-order valence-corrected chi connectivity index (χ4v) is 4.89. The zero-order chi connectivity index (χ0) is 28.7. The van der Waals surface area contributed by atoms with Crippen molar-refractivity contribution in [2.75, 3.05) is 11.4 Å². The molecular weight excluding hydrogens is 514 g/mol. The largest absolute Gasteiger partial charge is 0.489 e. The van der Waals surface area contributed by atoms with E-state index in [1.165, 1.54) is 30.4 Å². The van der Waals surface area contributed by atoms with Gasteiger partial charge in [-0.25, -0.2) is 4.79 Å². The number of aryl methyl sites for hydroxylation is 2. The van der Waals surface area contributed by atoms with Crippen LogP contribution >= 0.6 is 0 Å². The molecule has 7 nitrogen and oxygen atoms in total. The average Bonchev–Trinajstić information content (AvgIpc) is 3.62. The molecule has 4 aromatic rings. The molecule has 3 heterocycles. The van der Waals surface area contributed by atoms with Crippen LogP contribution in [0.4, 0.5) is 10.5 Å². The highest BCUT2D eigenvalue weighted by Gasteiger charge is 2.29. The number of hydrogen-bond acceptors (Lipinski definition) is 6. The Morgan fingerprint density at radius 1 is 0.780 bits per heavy atom. The van der Waals surface area contributed by atoms with Crippen LogP contribution < -0.4 is 14.4 Å². The minimum Gasteiger partial charge on any atom is -0.489 e. The van der Waals surface area contributed by atoms with Gasteiger partial charge in [-0.3, -0.25) is 14.9 Å². The molecule has 41 heavy (non-hydrogen) atoms. The molecule has 2 aromatic heterocycles. The number of amides is 1. The molecule has 7 heteroatoms. The summed E-state index contributed by atoms with van der Waals surface area (Å²) in [5.41, 5.74) is 6.54. The second-order valence-electron chi connectivity index (χ2n) is 11.3. The number of carbonyl (C=O) groups excluding carboxylic acids is 1. The van der Waals surface area contributed by atoms with Gasteiger partial charge in [0.25, 0.3) is 0 Å². The van der Waals surface area contributed by atoms with Crippen LogP contribution in [-0.4, -0.2) is 28.2 Å². The minimum atomic E-state index is -0.506. The smallest absolute Gasteiger partial charge is 0.414 e. The third-order valence-electron chi connectivity index (χ3n) is 6.89. The molecule has 0 bridgehead atoms. The molecule has 0 atom stereocenters. The van der Waals surface area contributed by atoms with Crippen molar-refractivity contribution in [1.82, 2.24) is 9.97 Å². The summed E-state index contributed by atoms with van der Waals surface area (Å²) in [4.78, 5) is 22.2. The third kappa shape index (κ3) is 7.84. The molecule has 212 valence electrons. The van der Waals surface area contributed by atoms with E-state index in [9.17, 15) is 4.79 Å². The molecule has 0 saturated carbocycles. The second-order valence-corrected chi connectivity index (χ2v) is 11.3. The van der Waals surface area contributed by atoms with Gasteiger partial charge >= 0.3 is 6.09 Å². The van der Waals surface area contributed by atoms with E-state index in [0.29, 0.717) is 19.8 Å². The monoisotopic (exact) mass is 551 g/mol. The van der Waals surface area contributed by atoms with Gasteiger partial charge in [0, 0.05) is 48.5 Å². The van der Waals surface area contributed by atoms with E-state index in [4.69, 9.17) is 14.2 Å². The first-order valence-corrected chi connectivity index (χ1v) is 14.1. The summed E-state index contributed by atoms with van der Waals surface area (Å²) < 4.78 is 17.1. The Bertz CT molecular complexity index is 1450. The maximum atomic E-state index is 12.4. The standard InChI is InChI=1S/C19H22N2O3.C15H15NO/c1-19(2,3)24-18(22)21-10-8-15-6-7-16(11-17(15)21)23-13-14-5-4-9-20-12-14;1-4-13-6-7-15(9-14(13)5-1)17-11-12-3-2-8-16-10-12/h4-7,9,11-12H,8,10,13H2,1-3H3;2-3,6-10H,1,4-5,11H2. The van der Waals surface area contributed by atoms with Crippen LogP contribution in [0.1, 0.15) is 55.0 Å². The van der Waals surface area contributed by atoms with E-state index in [2.05, 4.69) is 28.2 Å². The van der Waals surface area contributed by atoms with Crippen LogP contribution in [0, 0.1) is 0 Å². The Hall–Kier alpha value is -4.39. The maximum Gasteiger partial charge on any atom is 0.414 e. The van der Waals surface area contributed by atoms with E-state index < -0.39 is 5.60 Å². The Balaban J connectivity index is 0.000000174. The summed E-state index contributed by atoms with van der Waals surface area (Å²) in [6.07, 6.45) is 11.3. The maximum absolute atomic E-state index is 12.4. The molecule has 1 aliphatic heterocycles. The SMILES string of the molecule is CC(C)(C)OC(=O)N1CCc2ccc(OCc3cccnc3)cc21.c1cncc(COc2ccc3c(c2)CCC3)c1. The van der Waals surface area contributed by atoms with Crippen LogP contribution in [0.25, 0.3) is 0 Å². The van der Waals surface area contributed by atoms with Gasteiger partial charge in [-0.15, -0.1) is 0 Å². The fourth-order valence-electron chi connectivity index (χ4n) is 4.89. The molecule has 0 unspecified atom stereocenters. The highest BCUT2D eigenvalue weighted by molar-refractivity contribution is 5.90. The Morgan fingerprint density at radius 2 is 1.39 bits per heavy atom. The summed E-state index contributed by atoms with van der Waals surface area (Å²) in [5.74, 6) is 1.70. The van der Waals surface area contributed by atoms with Crippen molar-refractivity contribution in [1.29, 1.82) is 0 Å². The molecule has 0 N–H and O–H groups in total. The molecule has 0 fully saturated rings. The first kappa shape index (κ1) is 28.1. The second kappa shape index (κ2) is 12.9. The third-order valence-corrected chi connectivity index (χ3v) is 6.89. The number of hydrogen-bond donors (Lipinski definition) is 0. The van der Waals surface area contributed by atoms with E-state index in [1.54, 1.807) is 23.5 Å². The van der Waals surface area contributed by atoms with Crippen molar-refractivity contribution in [2.45, 2.75) is 65.3 Å².